The van der Waals surface area contributed by atoms with E-state index in [4.69, 9.17) is 0 Å². The molecule has 0 N–H and O–H groups in total. The van der Waals surface area contributed by atoms with E-state index in [-0.39, 0.29) is 23.6 Å². The minimum atomic E-state index is -0.364. The molecule has 0 fully saturated rings. The van der Waals surface area contributed by atoms with E-state index in [1.165, 1.54) is 28.5 Å². The first-order valence-electron chi connectivity index (χ1n) is 8.32. The molecule has 1 aliphatic heterocycles. The Morgan fingerprint density at radius 1 is 1.15 bits per heavy atom. The molecule has 2 aromatic carbocycles. The zero-order chi connectivity index (χ0) is 19.0. The maximum Gasteiger partial charge on any atom is 0.274 e. The van der Waals surface area contributed by atoms with Gasteiger partial charge in [0.1, 0.15) is 24.1 Å². The molecule has 5 nitrogen and oxygen atoms in total. The van der Waals surface area contributed by atoms with Gasteiger partial charge in [-0.2, -0.15) is 5.26 Å². The summed E-state index contributed by atoms with van der Waals surface area (Å²) in [6.07, 6.45) is 0. The molecule has 4 rings (SSSR count). The van der Waals surface area contributed by atoms with Crippen LogP contribution in [0.3, 0.4) is 0 Å². The molecule has 1 aromatic heterocycles. The van der Waals surface area contributed by atoms with Crippen molar-refractivity contribution >= 4 is 17.4 Å². The first kappa shape index (κ1) is 17.3. The molecule has 0 unspecified atom stereocenters. The molecule has 0 amide bonds. The summed E-state index contributed by atoms with van der Waals surface area (Å²) in [6, 6.07) is 15.7. The van der Waals surface area contributed by atoms with Gasteiger partial charge in [0.2, 0.25) is 0 Å². The lowest BCUT2D eigenvalue weighted by Crippen LogP contribution is -2.38. The fraction of sp³-hybridized carbons (Fsp3) is 0.150. The van der Waals surface area contributed by atoms with Gasteiger partial charge in [-0.05, 0) is 31.2 Å². The first-order chi connectivity index (χ1) is 13.1. The normalized spacial score (nSPS) is 13.1. The second-order valence-electron chi connectivity index (χ2n) is 6.26. The molecule has 0 saturated carbocycles. The van der Waals surface area contributed by atoms with Crippen LogP contribution in [0.1, 0.15) is 11.1 Å². The van der Waals surface area contributed by atoms with Crippen LogP contribution in [-0.4, -0.2) is 15.4 Å². The topological polar surface area (TPSA) is 61.9 Å². The zero-order valence-electron chi connectivity index (χ0n) is 14.5. The number of halogens is 1. The molecule has 0 atom stereocenters. The monoisotopic (exact) mass is 378 g/mol. The van der Waals surface area contributed by atoms with Gasteiger partial charge in [0, 0.05) is 11.3 Å². The Balaban J connectivity index is 1.77. The third-order valence-corrected chi connectivity index (χ3v) is 5.44. The van der Waals surface area contributed by atoms with Crippen LogP contribution >= 0.6 is 11.8 Å². The summed E-state index contributed by atoms with van der Waals surface area (Å²) in [5, 5.41) is 10.1. The van der Waals surface area contributed by atoms with Crippen LogP contribution < -0.4 is 10.5 Å². The predicted octanol–water partition coefficient (Wildman–Crippen LogP) is 3.76. The number of aromatic nitrogens is 2. The number of benzene rings is 2. The van der Waals surface area contributed by atoms with Gasteiger partial charge in [0.25, 0.3) is 5.56 Å². The lowest BCUT2D eigenvalue weighted by molar-refractivity contribution is 0.559. The summed E-state index contributed by atoms with van der Waals surface area (Å²) in [5.41, 5.74) is 2.73. The van der Waals surface area contributed by atoms with E-state index in [0.29, 0.717) is 16.7 Å². The average Bonchev–Trinajstić information content (AvgIpc) is 2.69. The number of hydrogen-bond acceptors (Lipinski definition) is 5. The number of rotatable bonds is 2. The maximum absolute atomic E-state index is 13.2. The van der Waals surface area contributed by atoms with Crippen LogP contribution in [0, 0.1) is 24.1 Å². The van der Waals surface area contributed by atoms with Crippen molar-refractivity contribution in [1.82, 2.24) is 9.55 Å². The van der Waals surface area contributed by atoms with Gasteiger partial charge < -0.3 is 4.90 Å². The number of hydrogen-bond donors (Lipinski definition) is 0. The van der Waals surface area contributed by atoms with Gasteiger partial charge in [-0.1, -0.05) is 41.6 Å². The van der Waals surface area contributed by atoms with Crippen molar-refractivity contribution in [3.63, 3.8) is 0 Å². The van der Waals surface area contributed by atoms with Crippen LogP contribution in [0.4, 0.5) is 10.1 Å². The predicted molar refractivity (Wildman–Crippen MR) is 103 cm³/mol. The highest BCUT2D eigenvalue weighted by molar-refractivity contribution is 7.99. The fourth-order valence-corrected chi connectivity index (χ4v) is 3.90. The molecular formula is C20H15FN4OS. The molecule has 3 aromatic rings. The first-order valence-corrected chi connectivity index (χ1v) is 9.30. The van der Waals surface area contributed by atoms with Gasteiger partial charge in [0.15, 0.2) is 5.16 Å². The minimum Gasteiger partial charge on any atom is -0.343 e. The molecule has 134 valence electrons. The standard InChI is InChI=1S/C20H15FN4OS/c1-13-2-4-14(5-3-13)18-17(10-22)19(26)25-11-24(12-27-20(25)23-18)16-8-6-15(21)7-9-16/h2-9H,11-12H2,1H3. The molecule has 0 saturated heterocycles. The molecule has 2 heterocycles. The van der Waals surface area contributed by atoms with E-state index in [9.17, 15) is 14.4 Å². The van der Waals surface area contributed by atoms with Crippen molar-refractivity contribution in [1.29, 1.82) is 5.26 Å². The van der Waals surface area contributed by atoms with E-state index >= 15 is 0 Å². The Bertz CT molecular complexity index is 1100. The number of anilines is 1. The summed E-state index contributed by atoms with van der Waals surface area (Å²) >= 11 is 1.42. The highest BCUT2D eigenvalue weighted by atomic mass is 32.2. The lowest BCUT2D eigenvalue weighted by Gasteiger charge is -2.30. The molecule has 1 aliphatic rings. The van der Waals surface area contributed by atoms with Crippen molar-refractivity contribution in [2.45, 2.75) is 18.7 Å². The summed E-state index contributed by atoms with van der Waals surface area (Å²) in [4.78, 5) is 19.5. The third-order valence-electron chi connectivity index (χ3n) is 4.42. The number of aryl methyl sites for hydroxylation is 1. The summed E-state index contributed by atoms with van der Waals surface area (Å²) < 4.78 is 14.7. The molecule has 0 spiro atoms. The molecular weight excluding hydrogens is 363 g/mol. The van der Waals surface area contributed by atoms with Crippen molar-refractivity contribution in [2.24, 2.45) is 0 Å². The molecule has 27 heavy (non-hydrogen) atoms. The minimum absolute atomic E-state index is 0.0316. The Hall–Kier alpha value is -3.11. The highest BCUT2D eigenvalue weighted by Gasteiger charge is 2.24. The number of nitriles is 1. The summed E-state index contributed by atoms with van der Waals surface area (Å²) in [6.45, 7) is 2.24. The summed E-state index contributed by atoms with van der Waals surface area (Å²) in [5.74, 6) is 0.272. The number of thioether (sulfide) groups is 1. The van der Waals surface area contributed by atoms with Gasteiger partial charge >= 0.3 is 0 Å². The Morgan fingerprint density at radius 2 is 1.85 bits per heavy atom. The molecule has 0 radical (unpaired) electrons. The van der Waals surface area contributed by atoms with Gasteiger partial charge in [-0.25, -0.2) is 9.37 Å². The molecule has 0 bridgehead atoms. The van der Waals surface area contributed by atoms with Gasteiger partial charge in [-0.15, -0.1) is 0 Å². The third kappa shape index (κ3) is 3.20. The average molecular weight is 378 g/mol. The van der Waals surface area contributed by atoms with Gasteiger partial charge in [-0.3, -0.25) is 9.36 Å². The number of fused-ring (bicyclic) bond motifs is 1. The SMILES string of the molecule is Cc1ccc(-c2nc3n(c(=O)c2C#N)CN(c2ccc(F)cc2)CS3)cc1. The van der Waals surface area contributed by atoms with Crippen molar-refractivity contribution in [3.8, 4) is 17.3 Å². The second-order valence-corrected chi connectivity index (χ2v) is 7.17. The number of nitrogens with zero attached hydrogens (tertiary/aromatic N) is 4. The van der Waals surface area contributed by atoms with Crippen LogP contribution in [0.25, 0.3) is 11.3 Å². The quantitative estimate of drug-likeness (QED) is 0.636. The van der Waals surface area contributed by atoms with E-state index < -0.39 is 0 Å². The second kappa shape index (κ2) is 6.89. The Morgan fingerprint density at radius 3 is 2.52 bits per heavy atom. The molecule has 7 heteroatoms. The van der Waals surface area contributed by atoms with Crippen LogP contribution in [0.5, 0.6) is 0 Å². The van der Waals surface area contributed by atoms with Crippen LogP contribution in [0.2, 0.25) is 0 Å². The van der Waals surface area contributed by atoms with Crippen LogP contribution in [-0.2, 0) is 6.67 Å². The largest absolute Gasteiger partial charge is 0.343 e. The van der Waals surface area contributed by atoms with Gasteiger partial charge in [0.05, 0.1) is 11.6 Å². The maximum atomic E-state index is 13.2. The summed E-state index contributed by atoms with van der Waals surface area (Å²) in [7, 11) is 0. The molecule has 0 aliphatic carbocycles. The van der Waals surface area contributed by atoms with Crippen molar-refractivity contribution < 1.29 is 4.39 Å². The van der Waals surface area contributed by atoms with E-state index in [0.717, 1.165) is 16.8 Å². The van der Waals surface area contributed by atoms with Crippen LogP contribution in [0.15, 0.2) is 58.5 Å². The zero-order valence-corrected chi connectivity index (χ0v) is 15.3. The van der Waals surface area contributed by atoms with E-state index in [1.807, 2.05) is 42.2 Å². The van der Waals surface area contributed by atoms with Crippen molar-refractivity contribution in [3.05, 3.63) is 75.8 Å². The van der Waals surface area contributed by atoms with Crippen molar-refractivity contribution in [2.75, 3.05) is 10.8 Å². The Kier molecular flexibility index (Phi) is 4.42. The smallest absolute Gasteiger partial charge is 0.274 e. The fourth-order valence-electron chi connectivity index (χ4n) is 2.95. The van der Waals surface area contributed by atoms with E-state index in [1.54, 1.807) is 12.1 Å². The lowest BCUT2D eigenvalue weighted by atomic mass is 10.1. The van der Waals surface area contributed by atoms with E-state index in [2.05, 4.69) is 4.98 Å². The Labute approximate surface area is 159 Å². The highest BCUT2D eigenvalue weighted by Crippen LogP contribution is 2.29.